The van der Waals surface area contributed by atoms with Crippen LogP contribution in [-0.2, 0) is 10.0 Å². The Balaban J connectivity index is 1.42. The van der Waals surface area contributed by atoms with Crippen molar-refractivity contribution in [3.8, 4) is 11.3 Å². The molecule has 0 N–H and O–H groups in total. The number of aromatic nitrogens is 2. The summed E-state index contributed by atoms with van der Waals surface area (Å²) < 4.78 is 40.5. The van der Waals surface area contributed by atoms with Gasteiger partial charge >= 0.3 is 0 Å². The Morgan fingerprint density at radius 3 is 2.09 bits per heavy atom. The molecule has 1 saturated heterocycles. The number of hydrogen-bond acceptors (Lipinski definition) is 5. The van der Waals surface area contributed by atoms with Crippen LogP contribution in [0, 0.1) is 12.7 Å². The molecule has 6 nitrogen and oxygen atoms in total. The number of hydrogen-bond donors (Lipinski definition) is 0. The average molecular weight is 463 g/mol. The lowest BCUT2D eigenvalue weighted by Gasteiger charge is -2.35. The van der Waals surface area contributed by atoms with Crippen LogP contribution in [0.1, 0.15) is 5.56 Å². The highest BCUT2D eigenvalue weighted by atomic mass is 32.2. The minimum atomic E-state index is -3.67. The highest BCUT2D eigenvalue weighted by Gasteiger charge is 2.29. The third-order valence-electron chi connectivity index (χ3n) is 5.98. The first-order valence-corrected chi connectivity index (χ1v) is 12.2. The van der Waals surface area contributed by atoms with Gasteiger partial charge in [-0.1, -0.05) is 54.1 Å². The van der Waals surface area contributed by atoms with E-state index in [-0.39, 0.29) is 4.90 Å². The zero-order chi connectivity index (χ0) is 23.0. The Kier molecular flexibility index (Phi) is 5.55. The van der Waals surface area contributed by atoms with Crippen LogP contribution < -0.4 is 4.90 Å². The van der Waals surface area contributed by atoms with Gasteiger partial charge in [-0.05, 0) is 31.2 Å². The van der Waals surface area contributed by atoms with E-state index in [4.69, 9.17) is 0 Å². The maximum atomic E-state index is 13.2. The third-order valence-corrected chi connectivity index (χ3v) is 7.90. The van der Waals surface area contributed by atoms with Crippen molar-refractivity contribution in [1.29, 1.82) is 0 Å². The van der Waals surface area contributed by atoms with E-state index in [0.29, 0.717) is 26.2 Å². The lowest BCUT2D eigenvalue weighted by molar-refractivity contribution is 0.384. The van der Waals surface area contributed by atoms with Crippen molar-refractivity contribution < 1.29 is 12.8 Å². The molecule has 0 spiro atoms. The molecule has 4 aromatic rings. The van der Waals surface area contributed by atoms with Crippen molar-refractivity contribution in [3.05, 3.63) is 84.2 Å². The van der Waals surface area contributed by atoms with E-state index >= 15 is 0 Å². The Morgan fingerprint density at radius 1 is 0.788 bits per heavy atom. The summed E-state index contributed by atoms with van der Waals surface area (Å²) in [5.41, 5.74) is 3.01. The van der Waals surface area contributed by atoms with Gasteiger partial charge in [-0.3, -0.25) is 0 Å². The van der Waals surface area contributed by atoms with Gasteiger partial charge in [0.25, 0.3) is 0 Å². The first kappa shape index (κ1) is 21.5. The minimum absolute atomic E-state index is 0.102. The van der Waals surface area contributed by atoms with Crippen LogP contribution in [0.25, 0.3) is 22.0 Å². The Morgan fingerprint density at radius 2 is 1.42 bits per heavy atom. The van der Waals surface area contributed by atoms with E-state index in [0.717, 1.165) is 27.8 Å². The van der Waals surface area contributed by atoms with E-state index in [1.54, 1.807) is 0 Å². The zero-order valence-corrected chi connectivity index (χ0v) is 19.0. The SMILES string of the molecule is Cc1ccc(-c2nnc(N3CCN(S(=O)(=O)c4ccc(F)cc4)CC3)c3ccccc23)cc1. The van der Waals surface area contributed by atoms with Crippen LogP contribution in [-0.4, -0.2) is 49.1 Å². The summed E-state index contributed by atoms with van der Waals surface area (Å²) in [4.78, 5) is 2.18. The first-order chi connectivity index (χ1) is 15.9. The molecule has 1 fully saturated rings. The molecule has 3 aromatic carbocycles. The fourth-order valence-electron chi connectivity index (χ4n) is 4.14. The number of halogens is 1. The van der Waals surface area contributed by atoms with Crippen LogP contribution in [0.3, 0.4) is 0 Å². The van der Waals surface area contributed by atoms with Gasteiger partial charge in [0.15, 0.2) is 5.82 Å². The topological polar surface area (TPSA) is 66.4 Å². The van der Waals surface area contributed by atoms with Crippen LogP contribution in [0.4, 0.5) is 10.2 Å². The maximum absolute atomic E-state index is 13.2. The Bertz CT molecular complexity index is 1400. The monoisotopic (exact) mass is 462 g/mol. The summed E-state index contributed by atoms with van der Waals surface area (Å²) in [7, 11) is -3.67. The van der Waals surface area contributed by atoms with Crippen molar-refractivity contribution in [2.45, 2.75) is 11.8 Å². The summed E-state index contributed by atoms with van der Waals surface area (Å²) in [5.74, 6) is 0.290. The molecule has 8 heteroatoms. The van der Waals surface area contributed by atoms with Gasteiger partial charge in [-0.2, -0.15) is 4.31 Å². The Hall–Kier alpha value is -3.36. The van der Waals surface area contributed by atoms with Gasteiger partial charge < -0.3 is 4.90 Å². The van der Waals surface area contributed by atoms with E-state index in [1.807, 2.05) is 43.3 Å². The van der Waals surface area contributed by atoms with E-state index in [9.17, 15) is 12.8 Å². The lowest BCUT2D eigenvalue weighted by Crippen LogP contribution is -2.49. The molecule has 33 heavy (non-hydrogen) atoms. The highest BCUT2D eigenvalue weighted by Crippen LogP contribution is 2.32. The fourth-order valence-corrected chi connectivity index (χ4v) is 5.57. The molecule has 2 heterocycles. The van der Waals surface area contributed by atoms with Crippen molar-refractivity contribution in [1.82, 2.24) is 14.5 Å². The van der Waals surface area contributed by atoms with E-state index < -0.39 is 15.8 Å². The van der Waals surface area contributed by atoms with Crippen LogP contribution in [0.5, 0.6) is 0 Å². The summed E-state index contributed by atoms with van der Waals surface area (Å²) in [6, 6.07) is 21.2. The average Bonchev–Trinajstić information content (AvgIpc) is 2.84. The molecule has 0 unspecified atom stereocenters. The van der Waals surface area contributed by atoms with Gasteiger partial charge in [0.2, 0.25) is 10.0 Å². The van der Waals surface area contributed by atoms with Gasteiger partial charge in [0.1, 0.15) is 11.5 Å². The lowest BCUT2D eigenvalue weighted by atomic mass is 10.0. The number of sulfonamides is 1. The predicted octanol–water partition coefficient (Wildman–Crippen LogP) is 4.26. The number of anilines is 1. The van der Waals surface area contributed by atoms with E-state index in [1.165, 1.54) is 34.1 Å². The summed E-state index contributed by atoms with van der Waals surface area (Å²) in [6.45, 7) is 3.66. The van der Waals surface area contributed by atoms with Gasteiger partial charge in [-0.25, -0.2) is 12.8 Å². The molecule has 0 atom stereocenters. The summed E-state index contributed by atoms with van der Waals surface area (Å²) in [5, 5.41) is 11.1. The number of rotatable bonds is 4. The number of fused-ring (bicyclic) bond motifs is 1. The first-order valence-electron chi connectivity index (χ1n) is 10.8. The number of aryl methyl sites for hydroxylation is 1. The van der Waals surface area contributed by atoms with Crippen LogP contribution in [0.15, 0.2) is 77.7 Å². The molecular weight excluding hydrogens is 439 g/mol. The van der Waals surface area contributed by atoms with Crippen LogP contribution >= 0.6 is 0 Å². The molecule has 0 aliphatic carbocycles. The van der Waals surface area contributed by atoms with Gasteiger partial charge in [0, 0.05) is 42.5 Å². The second-order valence-electron chi connectivity index (χ2n) is 8.13. The zero-order valence-electron chi connectivity index (χ0n) is 18.1. The smallest absolute Gasteiger partial charge is 0.243 e. The summed E-state index contributed by atoms with van der Waals surface area (Å²) in [6.07, 6.45) is 0. The second kappa shape index (κ2) is 8.53. The Labute approximate surface area is 192 Å². The largest absolute Gasteiger partial charge is 0.352 e. The minimum Gasteiger partial charge on any atom is -0.352 e. The van der Waals surface area contributed by atoms with Gasteiger partial charge in [0.05, 0.1) is 4.90 Å². The maximum Gasteiger partial charge on any atom is 0.243 e. The quantitative estimate of drug-likeness (QED) is 0.454. The van der Waals surface area contributed by atoms with Crippen molar-refractivity contribution >= 4 is 26.6 Å². The number of piperazine rings is 1. The second-order valence-corrected chi connectivity index (χ2v) is 10.1. The summed E-state index contributed by atoms with van der Waals surface area (Å²) >= 11 is 0. The number of nitrogens with zero attached hydrogens (tertiary/aromatic N) is 4. The van der Waals surface area contributed by atoms with Crippen molar-refractivity contribution in [2.75, 3.05) is 31.1 Å². The van der Waals surface area contributed by atoms with Gasteiger partial charge in [-0.15, -0.1) is 10.2 Å². The molecule has 1 aliphatic rings. The number of benzene rings is 3. The highest BCUT2D eigenvalue weighted by molar-refractivity contribution is 7.89. The molecule has 0 radical (unpaired) electrons. The molecule has 0 amide bonds. The van der Waals surface area contributed by atoms with Crippen LogP contribution in [0.2, 0.25) is 0 Å². The normalized spacial score (nSPS) is 15.2. The molecule has 0 saturated carbocycles. The molecular formula is C25H23FN4O2S. The fraction of sp³-hybridized carbons (Fsp3) is 0.200. The third kappa shape index (κ3) is 4.07. The molecule has 1 aliphatic heterocycles. The molecule has 168 valence electrons. The molecule has 5 rings (SSSR count). The van der Waals surface area contributed by atoms with Crippen molar-refractivity contribution in [2.24, 2.45) is 0 Å². The molecule has 0 bridgehead atoms. The standard InChI is InChI=1S/C25H23FN4O2S/c1-18-6-8-19(9-7-18)24-22-4-2-3-5-23(22)25(28-27-24)29-14-16-30(17-15-29)33(31,32)21-12-10-20(26)11-13-21/h2-13H,14-17H2,1H3. The van der Waals surface area contributed by atoms with Crippen molar-refractivity contribution in [3.63, 3.8) is 0 Å². The molecule has 1 aromatic heterocycles. The van der Waals surface area contributed by atoms with E-state index in [2.05, 4.69) is 27.2 Å². The predicted molar refractivity (Wildman–Crippen MR) is 127 cm³/mol.